The van der Waals surface area contributed by atoms with Gasteiger partial charge in [-0.3, -0.25) is 14.2 Å². The third-order valence-corrected chi connectivity index (χ3v) is 5.36. The van der Waals surface area contributed by atoms with Crippen molar-refractivity contribution >= 4 is 40.2 Å². The Labute approximate surface area is 165 Å². The molecular weight excluding hydrogens is 386 g/mol. The van der Waals surface area contributed by atoms with Gasteiger partial charge in [0, 0.05) is 5.02 Å². The summed E-state index contributed by atoms with van der Waals surface area (Å²) in [6.07, 6.45) is 0. The van der Waals surface area contributed by atoms with Crippen LogP contribution in [0.25, 0.3) is 16.6 Å². The summed E-state index contributed by atoms with van der Waals surface area (Å²) in [7, 11) is 1.53. The predicted octanol–water partition coefficient (Wildman–Crippen LogP) is 3.32. The van der Waals surface area contributed by atoms with Gasteiger partial charge in [-0.1, -0.05) is 29.4 Å². The Morgan fingerprint density at radius 3 is 2.70 bits per heavy atom. The fourth-order valence-electron chi connectivity index (χ4n) is 2.62. The summed E-state index contributed by atoms with van der Waals surface area (Å²) in [6, 6.07) is 10.4. The number of ether oxygens (including phenoxy) is 1. The van der Waals surface area contributed by atoms with Crippen molar-refractivity contribution in [2.75, 3.05) is 7.11 Å². The molecule has 27 heavy (non-hydrogen) atoms. The summed E-state index contributed by atoms with van der Waals surface area (Å²) in [4.78, 5) is 29.4. The Morgan fingerprint density at radius 1 is 1.30 bits per heavy atom. The van der Waals surface area contributed by atoms with E-state index in [0.717, 1.165) is 17.3 Å². The monoisotopic (exact) mass is 403 g/mol. The smallest absolute Gasteiger partial charge is 0.266 e. The molecule has 6 nitrogen and oxygen atoms in total. The maximum atomic E-state index is 13.3. The van der Waals surface area contributed by atoms with Crippen LogP contribution in [0.1, 0.15) is 12.5 Å². The zero-order valence-corrected chi connectivity index (χ0v) is 16.6. The van der Waals surface area contributed by atoms with Crippen molar-refractivity contribution in [2.45, 2.75) is 24.3 Å². The van der Waals surface area contributed by atoms with Gasteiger partial charge < -0.3 is 10.5 Å². The van der Waals surface area contributed by atoms with Crippen molar-refractivity contribution in [1.82, 2.24) is 9.55 Å². The van der Waals surface area contributed by atoms with E-state index in [-0.39, 0.29) is 5.56 Å². The normalized spacial score (nSPS) is 12.1. The van der Waals surface area contributed by atoms with Gasteiger partial charge in [0.15, 0.2) is 5.16 Å². The molecule has 0 fully saturated rings. The number of hydrogen-bond acceptors (Lipinski definition) is 5. The third-order valence-electron chi connectivity index (χ3n) is 4.06. The number of carbonyl (C=O) groups excluding carboxylic acids is 1. The molecule has 1 amide bonds. The first-order valence-electron chi connectivity index (χ1n) is 8.15. The number of rotatable bonds is 5. The zero-order valence-electron chi connectivity index (χ0n) is 15.0. The first-order chi connectivity index (χ1) is 12.8. The van der Waals surface area contributed by atoms with Crippen LogP contribution in [0.15, 0.2) is 46.3 Å². The number of hydrogen-bond donors (Lipinski definition) is 1. The van der Waals surface area contributed by atoms with Crippen LogP contribution in [-0.4, -0.2) is 27.8 Å². The van der Waals surface area contributed by atoms with Crippen LogP contribution >= 0.6 is 23.4 Å². The number of methoxy groups -OCH3 is 1. The molecule has 0 spiro atoms. The summed E-state index contributed by atoms with van der Waals surface area (Å²) in [5.41, 5.74) is 7.08. The molecule has 1 atom stereocenters. The average Bonchev–Trinajstić information content (AvgIpc) is 2.61. The van der Waals surface area contributed by atoms with E-state index in [1.165, 1.54) is 11.7 Å². The topological polar surface area (TPSA) is 87.2 Å². The Balaban J connectivity index is 2.37. The molecule has 140 valence electrons. The molecule has 0 aliphatic heterocycles. The molecule has 0 saturated heterocycles. The van der Waals surface area contributed by atoms with Gasteiger partial charge in [0.1, 0.15) is 5.75 Å². The number of fused-ring (bicyclic) bond motifs is 1. The van der Waals surface area contributed by atoms with Crippen molar-refractivity contribution in [1.29, 1.82) is 0 Å². The predicted molar refractivity (Wildman–Crippen MR) is 108 cm³/mol. The molecule has 3 rings (SSSR count). The lowest BCUT2D eigenvalue weighted by Gasteiger charge is -2.17. The molecule has 0 aliphatic carbocycles. The lowest BCUT2D eigenvalue weighted by Crippen LogP contribution is -2.26. The quantitative estimate of drug-likeness (QED) is 0.521. The number of aromatic nitrogens is 2. The number of carbonyl (C=O) groups is 1. The van der Waals surface area contributed by atoms with Gasteiger partial charge in [-0.25, -0.2) is 4.98 Å². The Bertz CT molecular complexity index is 1100. The molecule has 0 bridgehead atoms. The first-order valence-corrected chi connectivity index (χ1v) is 9.41. The number of thioether (sulfide) groups is 1. The van der Waals surface area contributed by atoms with Crippen molar-refractivity contribution in [2.24, 2.45) is 5.73 Å². The van der Waals surface area contributed by atoms with Crippen molar-refractivity contribution in [3.8, 4) is 11.4 Å². The van der Waals surface area contributed by atoms with Gasteiger partial charge in [0.25, 0.3) is 5.56 Å². The number of nitrogens with two attached hydrogens (primary N) is 1. The van der Waals surface area contributed by atoms with Gasteiger partial charge in [-0.05, 0) is 49.7 Å². The number of halogens is 1. The summed E-state index contributed by atoms with van der Waals surface area (Å²) in [5, 5.41) is 0.652. The summed E-state index contributed by atoms with van der Waals surface area (Å²) in [5.74, 6) is 0.0228. The molecule has 1 aromatic heterocycles. The number of aryl methyl sites for hydroxylation is 1. The van der Waals surface area contributed by atoms with Gasteiger partial charge in [0.05, 0.1) is 29.0 Å². The highest BCUT2D eigenvalue weighted by Crippen LogP contribution is 2.30. The molecule has 8 heteroatoms. The lowest BCUT2D eigenvalue weighted by molar-refractivity contribution is -0.117. The van der Waals surface area contributed by atoms with Crippen LogP contribution in [-0.2, 0) is 4.79 Å². The van der Waals surface area contributed by atoms with Gasteiger partial charge in [0.2, 0.25) is 5.91 Å². The summed E-state index contributed by atoms with van der Waals surface area (Å²) >= 11 is 7.17. The van der Waals surface area contributed by atoms with E-state index in [4.69, 9.17) is 22.1 Å². The van der Waals surface area contributed by atoms with E-state index in [1.807, 2.05) is 19.1 Å². The fourth-order valence-corrected chi connectivity index (χ4v) is 3.66. The van der Waals surface area contributed by atoms with Crippen LogP contribution in [0.2, 0.25) is 5.02 Å². The van der Waals surface area contributed by atoms with Crippen LogP contribution < -0.4 is 16.0 Å². The zero-order chi connectivity index (χ0) is 19.7. The number of nitrogens with zero attached hydrogens (tertiary/aromatic N) is 2. The highest BCUT2D eigenvalue weighted by Gasteiger charge is 2.20. The lowest BCUT2D eigenvalue weighted by atomic mass is 10.2. The van der Waals surface area contributed by atoms with E-state index >= 15 is 0 Å². The second kappa shape index (κ2) is 7.62. The van der Waals surface area contributed by atoms with E-state index in [9.17, 15) is 9.59 Å². The number of primary amides is 1. The van der Waals surface area contributed by atoms with E-state index in [1.54, 1.807) is 31.2 Å². The number of benzene rings is 2. The fraction of sp³-hybridized carbons (Fsp3) is 0.211. The number of amides is 1. The minimum absolute atomic E-state index is 0.278. The van der Waals surface area contributed by atoms with Gasteiger partial charge in [-0.2, -0.15) is 0 Å². The first kappa shape index (κ1) is 19.3. The Hall–Kier alpha value is -2.51. The third kappa shape index (κ3) is 3.79. The van der Waals surface area contributed by atoms with Crippen LogP contribution in [0.4, 0.5) is 0 Å². The second-order valence-corrected chi connectivity index (χ2v) is 7.78. The van der Waals surface area contributed by atoms with Crippen molar-refractivity contribution in [3.63, 3.8) is 0 Å². The van der Waals surface area contributed by atoms with E-state index < -0.39 is 11.2 Å². The highest BCUT2D eigenvalue weighted by molar-refractivity contribution is 8.00. The minimum Gasteiger partial charge on any atom is -0.495 e. The van der Waals surface area contributed by atoms with E-state index in [2.05, 4.69) is 4.98 Å². The van der Waals surface area contributed by atoms with Crippen LogP contribution in [0, 0.1) is 6.92 Å². The molecule has 2 N–H and O–H groups in total. The maximum absolute atomic E-state index is 13.3. The maximum Gasteiger partial charge on any atom is 0.266 e. The Kier molecular flexibility index (Phi) is 5.43. The highest BCUT2D eigenvalue weighted by atomic mass is 35.5. The molecule has 1 heterocycles. The van der Waals surface area contributed by atoms with Crippen molar-refractivity contribution in [3.05, 3.63) is 57.3 Å². The molecule has 0 saturated carbocycles. The molecule has 0 radical (unpaired) electrons. The minimum atomic E-state index is -0.574. The van der Waals surface area contributed by atoms with Crippen molar-refractivity contribution < 1.29 is 9.53 Å². The second-order valence-electron chi connectivity index (χ2n) is 6.03. The standard InChI is InChI=1S/C19H18ClN3O3S/c1-10-4-7-16(26-3)15(8-10)23-18(25)13-6-5-12(20)9-14(13)22-19(23)27-11(2)17(21)24/h4-9,11H,1-3H3,(H2,21,24)/t11-/m1/s1. The van der Waals surface area contributed by atoms with Gasteiger partial charge in [-0.15, -0.1) is 0 Å². The SMILES string of the molecule is COc1ccc(C)cc1-n1c(S[C@H](C)C(N)=O)nc2cc(Cl)ccc2c1=O. The summed E-state index contributed by atoms with van der Waals surface area (Å²) < 4.78 is 6.89. The molecular formula is C19H18ClN3O3S. The Morgan fingerprint density at radius 2 is 2.04 bits per heavy atom. The molecule has 2 aromatic carbocycles. The average molecular weight is 404 g/mol. The summed E-state index contributed by atoms with van der Waals surface area (Å²) in [6.45, 7) is 3.58. The van der Waals surface area contributed by atoms with Crippen LogP contribution in [0.3, 0.4) is 0 Å². The van der Waals surface area contributed by atoms with E-state index in [0.29, 0.717) is 32.5 Å². The van der Waals surface area contributed by atoms with Gasteiger partial charge >= 0.3 is 0 Å². The molecule has 0 aliphatic rings. The largest absolute Gasteiger partial charge is 0.495 e. The molecule has 0 unspecified atom stereocenters. The molecule has 3 aromatic rings. The van der Waals surface area contributed by atoms with Crippen LogP contribution in [0.5, 0.6) is 5.75 Å².